The van der Waals surface area contributed by atoms with Crippen LogP contribution in [-0.2, 0) is 4.79 Å². The molecule has 0 fully saturated rings. The summed E-state index contributed by atoms with van der Waals surface area (Å²) in [7, 11) is 0. The molecule has 0 aliphatic carbocycles. The van der Waals surface area contributed by atoms with Crippen molar-refractivity contribution >= 4 is 17.7 Å². The van der Waals surface area contributed by atoms with Crippen LogP contribution in [0.3, 0.4) is 0 Å². The third-order valence-corrected chi connectivity index (χ3v) is 3.81. The van der Waals surface area contributed by atoms with Crippen LogP contribution < -0.4 is 0 Å². The summed E-state index contributed by atoms with van der Waals surface area (Å²) in [6.07, 6.45) is 10.9. The number of unbranched alkanes of at least 4 members (excludes halogenated alkanes) is 7. The SMILES string of the molecule is CCCCCCCCCCC(=O)S.OCC(CO)(CO)CO. The lowest BCUT2D eigenvalue weighted by Gasteiger charge is -2.23. The Morgan fingerprint density at radius 2 is 1.14 bits per heavy atom. The van der Waals surface area contributed by atoms with Crippen molar-refractivity contribution in [3.8, 4) is 0 Å². The minimum Gasteiger partial charge on any atom is -0.396 e. The highest BCUT2D eigenvalue weighted by Gasteiger charge is 2.26. The fraction of sp³-hybridized carbons (Fsp3) is 0.938. The molecule has 0 unspecified atom stereocenters. The van der Waals surface area contributed by atoms with E-state index in [1.165, 1.54) is 44.9 Å². The molecular weight excluding hydrogens is 304 g/mol. The lowest BCUT2D eigenvalue weighted by molar-refractivity contribution is -0.110. The molecule has 0 saturated heterocycles. The zero-order chi connectivity index (χ0) is 17.3. The Bertz CT molecular complexity index is 227. The third-order valence-electron chi connectivity index (χ3n) is 3.59. The third kappa shape index (κ3) is 14.8. The van der Waals surface area contributed by atoms with Crippen molar-refractivity contribution < 1.29 is 25.2 Å². The van der Waals surface area contributed by atoms with Gasteiger partial charge in [-0.05, 0) is 6.42 Å². The second kappa shape index (κ2) is 17.2. The molecule has 0 aromatic heterocycles. The van der Waals surface area contributed by atoms with Gasteiger partial charge in [-0.25, -0.2) is 0 Å². The summed E-state index contributed by atoms with van der Waals surface area (Å²) < 4.78 is 0. The van der Waals surface area contributed by atoms with Gasteiger partial charge in [0, 0.05) is 6.42 Å². The van der Waals surface area contributed by atoms with Gasteiger partial charge in [-0.2, -0.15) is 0 Å². The molecule has 0 rings (SSSR count). The van der Waals surface area contributed by atoms with Gasteiger partial charge in [0.15, 0.2) is 5.12 Å². The van der Waals surface area contributed by atoms with Crippen molar-refractivity contribution in [2.24, 2.45) is 5.41 Å². The molecule has 0 bridgehead atoms. The maximum Gasteiger partial charge on any atom is 0.185 e. The van der Waals surface area contributed by atoms with Gasteiger partial charge >= 0.3 is 0 Å². The molecule has 0 amide bonds. The lowest BCUT2D eigenvalue weighted by atomic mass is 9.93. The Morgan fingerprint density at radius 1 is 0.773 bits per heavy atom. The lowest BCUT2D eigenvalue weighted by Crippen LogP contribution is -2.37. The Labute approximate surface area is 140 Å². The van der Waals surface area contributed by atoms with E-state index >= 15 is 0 Å². The fourth-order valence-corrected chi connectivity index (χ4v) is 1.87. The van der Waals surface area contributed by atoms with Crippen LogP contribution in [0.4, 0.5) is 0 Å². The van der Waals surface area contributed by atoms with E-state index in [0.717, 1.165) is 6.42 Å². The predicted octanol–water partition coefficient (Wildman–Crippen LogP) is 1.92. The molecule has 22 heavy (non-hydrogen) atoms. The Kier molecular flexibility index (Phi) is 18.9. The Balaban J connectivity index is 0. The van der Waals surface area contributed by atoms with Crippen molar-refractivity contribution in [2.45, 2.75) is 64.7 Å². The molecule has 0 heterocycles. The van der Waals surface area contributed by atoms with Crippen molar-refractivity contribution in [3.05, 3.63) is 0 Å². The molecule has 0 spiro atoms. The molecule has 0 aliphatic rings. The molecule has 5 nitrogen and oxygen atoms in total. The first-order valence-electron chi connectivity index (χ1n) is 8.17. The predicted molar refractivity (Wildman–Crippen MR) is 92.0 cm³/mol. The minimum atomic E-state index is -1.11. The Hall–Kier alpha value is -0.140. The van der Waals surface area contributed by atoms with Crippen molar-refractivity contribution in [1.29, 1.82) is 0 Å². The van der Waals surface area contributed by atoms with Crippen LogP contribution in [0.5, 0.6) is 0 Å². The van der Waals surface area contributed by atoms with Gasteiger partial charge in [0.05, 0.1) is 31.8 Å². The zero-order valence-corrected chi connectivity index (χ0v) is 14.7. The normalized spacial score (nSPS) is 11.0. The Morgan fingerprint density at radius 3 is 1.41 bits per heavy atom. The molecule has 0 aromatic carbocycles. The first-order chi connectivity index (χ1) is 10.5. The largest absolute Gasteiger partial charge is 0.396 e. The molecule has 134 valence electrons. The first kappa shape index (κ1) is 24.1. The van der Waals surface area contributed by atoms with Crippen LogP contribution in [0.2, 0.25) is 0 Å². The molecule has 4 N–H and O–H groups in total. The number of carbonyl (C=O) groups is 1. The summed E-state index contributed by atoms with van der Waals surface area (Å²) in [6, 6.07) is 0. The molecule has 0 aromatic rings. The molecule has 6 heteroatoms. The van der Waals surface area contributed by atoms with Gasteiger partial charge in [0.1, 0.15) is 0 Å². The monoisotopic (exact) mass is 338 g/mol. The maximum absolute atomic E-state index is 10.5. The molecule has 0 saturated carbocycles. The van der Waals surface area contributed by atoms with E-state index in [-0.39, 0.29) is 5.12 Å². The quantitative estimate of drug-likeness (QED) is 0.261. The zero-order valence-electron chi connectivity index (χ0n) is 13.8. The average molecular weight is 339 g/mol. The summed E-state index contributed by atoms with van der Waals surface area (Å²) in [5.41, 5.74) is -1.11. The van der Waals surface area contributed by atoms with Crippen molar-refractivity contribution in [3.63, 3.8) is 0 Å². The van der Waals surface area contributed by atoms with Crippen LogP contribution in [0, 0.1) is 5.41 Å². The van der Waals surface area contributed by atoms with Gasteiger partial charge in [-0.1, -0.05) is 51.9 Å². The first-order valence-corrected chi connectivity index (χ1v) is 8.61. The van der Waals surface area contributed by atoms with Gasteiger partial charge in [0.25, 0.3) is 0 Å². The fourth-order valence-electron chi connectivity index (χ4n) is 1.71. The standard InChI is InChI=1S/C11H22OS.C5H12O4/c1-2-3-4-5-6-7-8-9-10-11(12)13;6-1-5(2-7,3-8)4-9/h2-10H2,1H3,(H,12,13);6-9H,1-4H2. The summed E-state index contributed by atoms with van der Waals surface area (Å²) in [5.74, 6) is 0. The van der Waals surface area contributed by atoms with Crippen molar-refractivity contribution in [2.75, 3.05) is 26.4 Å². The molecule has 0 aliphatic heterocycles. The number of hydrogen-bond donors (Lipinski definition) is 5. The van der Waals surface area contributed by atoms with Crippen molar-refractivity contribution in [1.82, 2.24) is 0 Å². The highest BCUT2D eigenvalue weighted by atomic mass is 32.1. The maximum atomic E-state index is 10.5. The van der Waals surface area contributed by atoms with E-state index in [1.807, 2.05) is 0 Å². The number of thiol groups is 1. The van der Waals surface area contributed by atoms with E-state index in [9.17, 15) is 4.79 Å². The van der Waals surface area contributed by atoms with Crippen LogP contribution >= 0.6 is 12.6 Å². The number of rotatable bonds is 13. The van der Waals surface area contributed by atoms with Crippen LogP contribution in [-0.4, -0.2) is 52.0 Å². The van der Waals surface area contributed by atoms with E-state index in [4.69, 9.17) is 20.4 Å². The summed E-state index contributed by atoms with van der Waals surface area (Å²) in [4.78, 5) is 10.5. The number of aliphatic hydroxyl groups is 4. The summed E-state index contributed by atoms with van der Waals surface area (Å²) >= 11 is 3.73. The van der Waals surface area contributed by atoms with Crippen LogP contribution in [0.1, 0.15) is 64.7 Å². The van der Waals surface area contributed by atoms with Gasteiger partial charge in [-0.3, -0.25) is 4.79 Å². The van der Waals surface area contributed by atoms with Crippen LogP contribution in [0.15, 0.2) is 0 Å². The number of carbonyl (C=O) groups excluding carboxylic acids is 1. The highest BCUT2D eigenvalue weighted by Crippen LogP contribution is 2.12. The molecule has 0 radical (unpaired) electrons. The summed E-state index contributed by atoms with van der Waals surface area (Å²) in [6.45, 7) is 0.609. The van der Waals surface area contributed by atoms with E-state index < -0.39 is 31.8 Å². The highest BCUT2D eigenvalue weighted by molar-refractivity contribution is 7.96. The molecular formula is C16H34O5S. The second-order valence-electron chi connectivity index (χ2n) is 5.75. The topological polar surface area (TPSA) is 98.0 Å². The second-order valence-corrected chi connectivity index (χ2v) is 6.25. The molecule has 0 atom stereocenters. The van der Waals surface area contributed by atoms with Gasteiger partial charge < -0.3 is 20.4 Å². The smallest absolute Gasteiger partial charge is 0.185 e. The van der Waals surface area contributed by atoms with Gasteiger partial charge in [0.2, 0.25) is 0 Å². The average Bonchev–Trinajstić information content (AvgIpc) is 2.53. The number of aliphatic hydroxyl groups excluding tert-OH is 4. The van der Waals surface area contributed by atoms with E-state index in [1.54, 1.807) is 0 Å². The van der Waals surface area contributed by atoms with Crippen LogP contribution in [0.25, 0.3) is 0 Å². The van der Waals surface area contributed by atoms with Gasteiger partial charge in [-0.15, -0.1) is 12.6 Å². The van der Waals surface area contributed by atoms with E-state index in [2.05, 4.69) is 19.6 Å². The van der Waals surface area contributed by atoms with E-state index in [0.29, 0.717) is 6.42 Å². The number of hydrogen-bond acceptors (Lipinski definition) is 5. The minimum absolute atomic E-state index is 0.0333. The summed E-state index contributed by atoms with van der Waals surface area (Å²) in [5, 5.41) is 34.0.